The lowest BCUT2D eigenvalue weighted by Gasteiger charge is -2.27. The summed E-state index contributed by atoms with van der Waals surface area (Å²) < 4.78 is 0. The number of aromatic nitrogens is 2. The van der Waals surface area contributed by atoms with Gasteiger partial charge in [-0.3, -0.25) is 0 Å². The first kappa shape index (κ1) is 34.2. The summed E-state index contributed by atoms with van der Waals surface area (Å²) in [6.45, 7) is 9.59. The number of pyridine rings is 2. The molecule has 8 aromatic carbocycles. The van der Waals surface area contributed by atoms with Crippen LogP contribution in [0.1, 0.15) is 56.4 Å². The third kappa shape index (κ3) is 4.81. The number of nitrogens with zero attached hydrogens (tertiary/aromatic N) is 2. The van der Waals surface area contributed by atoms with E-state index < -0.39 is 0 Å². The molecule has 0 N–H and O–H groups in total. The van der Waals surface area contributed by atoms with Crippen LogP contribution < -0.4 is 0 Å². The molecule has 280 valence electrons. The number of benzene rings is 8. The first-order valence-electron chi connectivity index (χ1n) is 21.0. The predicted molar refractivity (Wildman–Crippen MR) is 248 cm³/mol. The summed E-state index contributed by atoms with van der Waals surface area (Å²) in [4.78, 5) is 10.0. The minimum atomic E-state index is -0.169. The smallest absolute Gasteiger partial charge is 0.0715 e. The molecule has 0 amide bonds. The molecule has 2 heterocycles. The summed E-state index contributed by atoms with van der Waals surface area (Å²) in [7, 11) is 0. The number of hydrogen-bond donors (Lipinski definition) is 0. The standard InChI is InChI=1S/C57H42N2/c1-5-57(4)48-31-35(23-27-40(48)41-29-25-37(33-49(41)57)55-44-16-8-12-20-52(44)59-53-21-13-9-17-45(53)55)34-22-26-38-39-28-24-36(32-47(39)56(2,3)46(38)30-34)54-42-14-6-10-18-50(42)58-51-19-11-7-15-43(51)54/h6-33H,5H2,1-4H3. The van der Waals surface area contributed by atoms with Crippen LogP contribution >= 0.6 is 0 Å². The van der Waals surface area contributed by atoms with Crippen LogP contribution in [-0.4, -0.2) is 9.97 Å². The quantitative estimate of drug-likeness (QED) is 0.167. The fourth-order valence-electron chi connectivity index (χ4n) is 10.7. The van der Waals surface area contributed by atoms with Crippen LogP contribution in [0, 0.1) is 0 Å². The molecular formula is C57H42N2. The molecule has 2 nitrogen and oxygen atoms in total. The Morgan fingerprint density at radius 1 is 0.356 bits per heavy atom. The van der Waals surface area contributed by atoms with Gasteiger partial charge < -0.3 is 0 Å². The Bertz CT molecular complexity index is 3320. The summed E-state index contributed by atoms with van der Waals surface area (Å²) in [6, 6.07) is 62.9. The van der Waals surface area contributed by atoms with Crippen LogP contribution in [0.5, 0.6) is 0 Å². The largest absolute Gasteiger partial charge is 0.248 e. The molecule has 0 saturated heterocycles. The van der Waals surface area contributed by atoms with E-state index in [1.54, 1.807) is 0 Å². The van der Waals surface area contributed by atoms with E-state index in [0.717, 1.165) is 28.5 Å². The molecule has 1 unspecified atom stereocenters. The third-order valence-corrected chi connectivity index (χ3v) is 14.0. The normalized spacial score (nSPS) is 16.1. The van der Waals surface area contributed by atoms with Crippen LogP contribution in [0.15, 0.2) is 170 Å². The van der Waals surface area contributed by atoms with Gasteiger partial charge in [-0.2, -0.15) is 0 Å². The Kier molecular flexibility index (Phi) is 7.13. The molecule has 2 aromatic heterocycles. The summed E-state index contributed by atoms with van der Waals surface area (Å²) in [5, 5.41) is 4.77. The molecule has 1 atom stereocenters. The van der Waals surface area contributed by atoms with Crippen molar-refractivity contribution in [2.24, 2.45) is 0 Å². The van der Waals surface area contributed by atoms with E-state index in [-0.39, 0.29) is 10.8 Å². The van der Waals surface area contributed by atoms with E-state index >= 15 is 0 Å². The molecule has 0 aliphatic heterocycles. The molecule has 59 heavy (non-hydrogen) atoms. The monoisotopic (exact) mass is 754 g/mol. The lowest BCUT2D eigenvalue weighted by Crippen LogP contribution is -2.19. The molecule has 0 saturated carbocycles. The van der Waals surface area contributed by atoms with Gasteiger partial charge in [0.25, 0.3) is 0 Å². The van der Waals surface area contributed by atoms with Crippen molar-refractivity contribution in [3.05, 3.63) is 192 Å². The zero-order valence-electron chi connectivity index (χ0n) is 33.8. The zero-order valence-corrected chi connectivity index (χ0v) is 33.8. The van der Waals surface area contributed by atoms with Crippen molar-refractivity contribution in [3.63, 3.8) is 0 Å². The van der Waals surface area contributed by atoms with Gasteiger partial charge >= 0.3 is 0 Å². The molecule has 0 radical (unpaired) electrons. The van der Waals surface area contributed by atoms with Crippen molar-refractivity contribution >= 4 is 43.6 Å². The highest BCUT2D eigenvalue weighted by Gasteiger charge is 2.39. The van der Waals surface area contributed by atoms with Gasteiger partial charge in [-0.15, -0.1) is 0 Å². The maximum Gasteiger partial charge on any atom is 0.0715 e. The molecule has 2 heteroatoms. The second kappa shape index (κ2) is 12.3. The highest BCUT2D eigenvalue weighted by atomic mass is 14.7. The van der Waals surface area contributed by atoms with Gasteiger partial charge in [-0.05, 0) is 122 Å². The third-order valence-electron chi connectivity index (χ3n) is 14.0. The maximum absolute atomic E-state index is 5.03. The second-order valence-corrected chi connectivity index (χ2v) is 17.4. The minimum absolute atomic E-state index is 0.126. The van der Waals surface area contributed by atoms with Crippen LogP contribution in [0.2, 0.25) is 0 Å². The molecule has 2 aliphatic carbocycles. The lowest BCUT2D eigenvalue weighted by molar-refractivity contribution is 0.565. The molecule has 0 spiro atoms. The summed E-state index contributed by atoms with van der Waals surface area (Å²) in [5.41, 5.74) is 22.3. The summed E-state index contributed by atoms with van der Waals surface area (Å²) in [5.74, 6) is 0. The Balaban J connectivity index is 0.943. The van der Waals surface area contributed by atoms with E-state index in [4.69, 9.17) is 9.97 Å². The van der Waals surface area contributed by atoms with E-state index in [1.165, 1.54) is 99.4 Å². The highest BCUT2D eigenvalue weighted by molar-refractivity contribution is 6.11. The SMILES string of the molecule is CCC1(C)c2cc(-c3ccc4c(c3)C(C)(C)c3cc(-c5c6ccccc6nc6ccccc56)ccc3-4)ccc2-c2ccc(-c3c4ccccc4nc4ccccc34)cc21. The zero-order chi connectivity index (χ0) is 39.6. The van der Waals surface area contributed by atoms with Gasteiger partial charge in [0.15, 0.2) is 0 Å². The molecule has 12 rings (SSSR count). The van der Waals surface area contributed by atoms with Crippen molar-refractivity contribution in [1.82, 2.24) is 9.97 Å². The first-order valence-corrected chi connectivity index (χ1v) is 21.0. The van der Waals surface area contributed by atoms with Gasteiger partial charge in [0, 0.05) is 43.5 Å². The molecule has 2 aliphatic rings. The van der Waals surface area contributed by atoms with Crippen molar-refractivity contribution in [3.8, 4) is 55.6 Å². The molecule has 10 aromatic rings. The number of para-hydroxylation sites is 4. The lowest BCUT2D eigenvalue weighted by atomic mass is 9.76. The second-order valence-electron chi connectivity index (χ2n) is 17.4. The Morgan fingerprint density at radius 2 is 0.661 bits per heavy atom. The highest BCUT2D eigenvalue weighted by Crippen LogP contribution is 2.55. The average molecular weight is 755 g/mol. The van der Waals surface area contributed by atoms with E-state index in [1.807, 2.05) is 0 Å². The van der Waals surface area contributed by atoms with Crippen molar-refractivity contribution < 1.29 is 0 Å². The van der Waals surface area contributed by atoms with Crippen LogP contribution in [0.4, 0.5) is 0 Å². The van der Waals surface area contributed by atoms with Gasteiger partial charge in [-0.25, -0.2) is 9.97 Å². The van der Waals surface area contributed by atoms with Gasteiger partial charge in [0.1, 0.15) is 0 Å². The van der Waals surface area contributed by atoms with Gasteiger partial charge in [0.2, 0.25) is 0 Å². The maximum atomic E-state index is 5.03. The Hall–Kier alpha value is -6.90. The molecule has 0 fully saturated rings. The van der Waals surface area contributed by atoms with Crippen LogP contribution in [0.25, 0.3) is 99.2 Å². The Labute approximate surface area is 344 Å². The van der Waals surface area contributed by atoms with Gasteiger partial charge in [0.05, 0.1) is 22.1 Å². The van der Waals surface area contributed by atoms with Crippen LogP contribution in [-0.2, 0) is 10.8 Å². The van der Waals surface area contributed by atoms with E-state index in [2.05, 4.69) is 198 Å². The van der Waals surface area contributed by atoms with Crippen molar-refractivity contribution in [2.45, 2.75) is 44.9 Å². The van der Waals surface area contributed by atoms with Crippen molar-refractivity contribution in [1.29, 1.82) is 0 Å². The van der Waals surface area contributed by atoms with E-state index in [0.29, 0.717) is 0 Å². The van der Waals surface area contributed by atoms with Gasteiger partial charge in [-0.1, -0.05) is 149 Å². The fraction of sp³-hybridized carbons (Fsp3) is 0.123. The summed E-state index contributed by atoms with van der Waals surface area (Å²) >= 11 is 0. The molecular weight excluding hydrogens is 713 g/mol. The minimum Gasteiger partial charge on any atom is -0.248 e. The first-order chi connectivity index (χ1) is 28.8. The Morgan fingerprint density at radius 3 is 1.05 bits per heavy atom. The predicted octanol–water partition coefficient (Wildman–Crippen LogP) is 15.1. The number of rotatable bonds is 4. The average Bonchev–Trinajstić information content (AvgIpc) is 3.66. The fourth-order valence-corrected chi connectivity index (χ4v) is 10.7. The van der Waals surface area contributed by atoms with E-state index in [9.17, 15) is 0 Å². The number of hydrogen-bond acceptors (Lipinski definition) is 2. The number of fused-ring (bicyclic) bond motifs is 10. The molecule has 0 bridgehead atoms. The summed E-state index contributed by atoms with van der Waals surface area (Å²) in [6.07, 6.45) is 1.01. The van der Waals surface area contributed by atoms with Crippen molar-refractivity contribution in [2.75, 3.05) is 0 Å². The van der Waals surface area contributed by atoms with Crippen LogP contribution in [0.3, 0.4) is 0 Å². The topological polar surface area (TPSA) is 25.8 Å².